The van der Waals surface area contributed by atoms with Gasteiger partial charge in [0.2, 0.25) is 0 Å². The van der Waals surface area contributed by atoms with Gasteiger partial charge in [0.1, 0.15) is 11.5 Å². The lowest BCUT2D eigenvalue weighted by molar-refractivity contribution is 0.0892. The third-order valence-corrected chi connectivity index (χ3v) is 2.00. The molecule has 1 aromatic carbocycles. The number of carbonyl (C=O) groups is 1. The van der Waals surface area contributed by atoms with Gasteiger partial charge in [-0.2, -0.15) is 0 Å². The van der Waals surface area contributed by atoms with Gasteiger partial charge in [-0.1, -0.05) is 0 Å². The summed E-state index contributed by atoms with van der Waals surface area (Å²) in [6.07, 6.45) is -1.53. The van der Waals surface area contributed by atoms with Crippen molar-refractivity contribution < 1.29 is 18.7 Å². The molecule has 0 bridgehead atoms. The average Bonchev–Trinajstić information content (AvgIpc) is 2.27. The van der Waals surface area contributed by atoms with E-state index < -0.39 is 12.0 Å². The lowest BCUT2D eigenvalue weighted by atomic mass is 10.1. The van der Waals surface area contributed by atoms with Gasteiger partial charge in [0.05, 0.1) is 14.2 Å². The molecule has 0 fully saturated rings. The number of carbonyl (C=O) groups excluding carboxylic acids is 1. The largest absolute Gasteiger partial charge is 0.497 e. The van der Waals surface area contributed by atoms with Crippen molar-refractivity contribution in [3.05, 3.63) is 23.8 Å². The van der Waals surface area contributed by atoms with Gasteiger partial charge in [0.15, 0.2) is 12.0 Å². The molecule has 1 unspecified atom stereocenters. The molecule has 0 saturated heterocycles. The van der Waals surface area contributed by atoms with Crippen molar-refractivity contribution in [2.75, 3.05) is 14.2 Å². The van der Waals surface area contributed by atoms with Crippen LogP contribution in [0.5, 0.6) is 11.5 Å². The summed E-state index contributed by atoms with van der Waals surface area (Å²) in [4.78, 5) is 11.4. The minimum absolute atomic E-state index is 0.251. The van der Waals surface area contributed by atoms with Crippen LogP contribution in [0, 0.1) is 0 Å². The van der Waals surface area contributed by atoms with Gasteiger partial charge in [0, 0.05) is 11.6 Å². The van der Waals surface area contributed by atoms with E-state index in [2.05, 4.69) is 0 Å². The molecule has 82 valence electrons. The summed E-state index contributed by atoms with van der Waals surface area (Å²) in [6, 6.07) is 4.60. The molecule has 0 saturated carbocycles. The third-order valence-electron chi connectivity index (χ3n) is 2.00. The van der Waals surface area contributed by atoms with Crippen molar-refractivity contribution in [2.45, 2.75) is 13.1 Å². The Hall–Kier alpha value is -1.58. The van der Waals surface area contributed by atoms with E-state index in [0.29, 0.717) is 11.5 Å². The molecule has 15 heavy (non-hydrogen) atoms. The number of alkyl halides is 1. The summed E-state index contributed by atoms with van der Waals surface area (Å²) < 4.78 is 22.8. The number of hydrogen-bond donors (Lipinski definition) is 0. The second kappa shape index (κ2) is 4.77. The van der Waals surface area contributed by atoms with Gasteiger partial charge in [-0.25, -0.2) is 4.39 Å². The highest BCUT2D eigenvalue weighted by Crippen LogP contribution is 2.23. The molecule has 0 aliphatic heterocycles. The second-order valence-corrected chi connectivity index (χ2v) is 3.08. The van der Waals surface area contributed by atoms with Crippen molar-refractivity contribution in [1.29, 1.82) is 0 Å². The molecule has 0 heterocycles. The Labute approximate surface area is 87.8 Å². The maximum Gasteiger partial charge on any atom is 0.196 e. The van der Waals surface area contributed by atoms with E-state index in [1.165, 1.54) is 33.3 Å². The molecule has 0 spiro atoms. The summed E-state index contributed by atoms with van der Waals surface area (Å²) in [5.74, 6) is 0.365. The lowest BCUT2D eigenvalue weighted by Crippen LogP contribution is -2.11. The van der Waals surface area contributed by atoms with Crippen molar-refractivity contribution >= 4 is 5.78 Å². The maximum absolute atomic E-state index is 12.8. The molecule has 0 amide bonds. The van der Waals surface area contributed by atoms with E-state index in [-0.39, 0.29) is 5.56 Å². The topological polar surface area (TPSA) is 35.5 Å². The monoisotopic (exact) mass is 212 g/mol. The van der Waals surface area contributed by atoms with E-state index in [9.17, 15) is 9.18 Å². The maximum atomic E-state index is 12.8. The zero-order valence-corrected chi connectivity index (χ0v) is 8.91. The van der Waals surface area contributed by atoms with Crippen LogP contribution in [-0.2, 0) is 0 Å². The number of benzene rings is 1. The van der Waals surface area contributed by atoms with Crippen LogP contribution in [0.1, 0.15) is 17.3 Å². The first-order valence-corrected chi connectivity index (χ1v) is 4.50. The Morgan fingerprint density at radius 3 is 2.00 bits per heavy atom. The highest BCUT2D eigenvalue weighted by molar-refractivity contribution is 5.99. The van der Waals surface area contributed by atoms with Gasteiger partial charge >= 0.3 is 0 Å². The van der Waals surface area contributed by atoms with E-state index in [4.69, 9.17) is 9.47 Å². The summed E-state index contributed by atoms with van der Waals surface area (Å²) >= 11 is 0. The number of ketones is 1. The van der Waals surface area contributed by atoms with Gasteiger partial charge in [-0.15, -0.1) is 0 Å². The van der Waals surface area contributed by atoms with E-state index in [1.807, 2.05) is 0 Å². The Morgan fingerprint density at radius 2 is 1.67 bits per heavy atom. The predicted octanol–water partition coefficient (Wildman–Crippen LogP) is 2.24. The molecule has 1 atom stereocenters. The number of Topliss-reactive ketones (excluding diaryl/α,β-unsaturated/α-hetero) is 1. The molecule has 3 nitrogen and oxygen atoms in total. The van der Waals surface area contributed by atoms with Crippen molar-refractivity contribution in [2.24, 2.45) is 0 Å². The van der Waals surface area contributed by atoms with Crippen LogP contribution in [0.4, 0.5) is 4.39 Å². The zero-order valence-electron chi connectivity index (χ0n) is 8.91. The van der Waals surface area contributed by atoms with Crippen LogP contribution in [0.2, 0.25) is 0 Å². The number of rotatable bonds is 4. The first-order valence-electron chi connectivity index (χ1n) is 4.50. The van der Waals surface area contributed by atoms with Crippen LogP contribution in [0.25, 0.3) is 0 Å². The normalized spacial score (nSPS) is 12.0. The van der Waals surface area contributed by atoms with Crippen molar-refractivity contribution in [3.8, 4) is 11.5 Å². The first-order chi connectivity index (χ1) is 7.08. The molecule has 1 aromatic rings. The van der Waals surface area contributed by atoms with Crippen LogP contribution in [-0.4, -0.2) is 26.2 Å². The number of hydrogen-bond acceptors (Lipinski definition) is 3. The zero-order chi connectivity index (χ0) is 11.4. The summed E-state index contributed by atoms with van der Waals surface area (Å²) in [5, 5.41) is 0. The fourth-order valence-electron chi connectivity index (χ4n) is 1.18. The number of halogens is 1. The van der Waals surface area contributed by atoms with Crippen LogP contribution >= 0.6 is 0 Å². The minimum atomic E-state index is -1.53. The highest BCUT2D eigenvalue weighted by Gasteiger charge is 2.15. The standard InChI is InChI=1S/C11H13FO3/c1-7(12)11(13)8-4-9(14-2)6-10(5-8)15-3/h4-7H,1-3H3. The van der Waals surface area contributed by atoms with E-state index >= 15 is 0 Å². The fraction of sp³-hybridized carbons (Fsp3) is 0.364. The van der Waals surface area contributed by atoms with Gasteiger partial charge < -0.3 is 9.47 Å². The van der Waals surface area contributed by atoms with E-state index in [0.717, 1.165) is 0 Å². The second-order valence-electron chi connectivity index (χ2n) is 3.08. The van der Waals surface area contributed by atoms with Crippen molar-refractivity contribution in [1.82, 2.24) is 0 Å². The molecule has 1 rings (SSSR count). The summed E-state index contributed by atoms with van der Waals surface area (Å²) in [7, 11) is 2.95. The Kier molecular flexibility index (Phi) is 3.66. The third kappa shape index (κ3) is 2.68. The quantitative estimate of drug-likeness (QED) is 0.718. The molecule has 0 radical (unpaired) electrons. The van der Waals surface area contributed by atoms with Gasteiger partial charge in [-0.05, 0) is 19.1 Å². The summed E-state index contributed by atoms with van der Waals surface area (Å²) in [6.45, 7) is 1.20. The van der Waals surface area contributed by atoms with Crippen LogP contribution in [0.3, 0.4) is 0 Å². The molecule has 4 heteroatoms. The number of ether oxygens (including phenoxy) is 2. The predicted molar refractivity (Wildman–Crippen MR) is 54.4 cm³/mol. The lowest BCUT2D eigenvalue weighted by Gasteiger charge is -2.08. The first kappa shape index (κ1) is 11.5. The smallest absolute Gasteiger partial charge is 0.196 e. The van der Waals surface area contributed by atoms with Crippen LogP contribution in [0.15, 0.2) is 18.2 Å². The number of methoxy groups -OCH3 is 2. The van der Waals surface area contributed by atoms with Gasteiger partial charge in [0.25, 0.3) is 0 Å². The SMILES string of the molecule is COc1cc(OC)cc(C(=O)C(C)F)c1. The Bertz CT molecular complexity index is 339. The Morgan fingerprint density at radius 1 is 1.20 bits per heavy atom. The molecule has 0 aromatic heterocycles. The fourth-order valence-corrected chi connectivity index (χ4v) is 1.18. The summed E-state index contributed by atoms with van der Waals surface area (Å²) in [5.41, 5.74) is 0.251. The Balaban J connectivity index is 3.12. The molecular formula is C11H13FO3. The van der Waals surface area contributed by atoms with Crippen LogP contribution < -0.4 is 9.47 Å². The molecular weight excluding hydrogens is 199 g/mol. The molecule has 0 N–H and O–H groups in total. The van der Waals surface area contributed by atoms with E-state index in [1.54, 1.807) is 6.07 Å². The molecule has 0 aliphatic carbocycles. The molecule has 0 aliphatic rings. The highest BCUT2D eigenvalue weighted by atomic mass is 19.1. The van der Waals surface area contributed by atoms with Crippen molar-refractivity contribution in [3.63, 3.8) is 0 Å². The van der Waals surface area contributed by atoms with Gasteiger partial charge in [-0.3, -0.25) is 4.79 Å². The average molecular weight is 212 g/mol. The minimum Gasteiger partial charge on any atom is -0.497 e.